The molecule has 0 aliphatic rings. The Morgan fingerprint density at radius 3 is 2.33 bits per heavy atom. The third-order valence-electron chi connectivity index (χ3n) is 4.06. The lowest BCUT2D eigenvalue weighted by Gasteiger charge is -2.20. The van der Waals surface area contributed by atoms with Crippen LogP contribution in [0.5, 0.6) is 0 Å². The summed E-state index contributed by atoms with van der Waals surface area (Å²) >= 11 is 0. The summed E-state index contributed by atoms with van der Waals surface area (Å²) in [5.74, 6) is -0.372. The van der Waals surface area contributed by atoms with Gasteiger partial charge in [-0.1, -0.05) is 30.3 Å². The van der Waals surface area contributed by atoms with E-state index in [9.17, 15) is 9.59 Å². The summed E-state index contributed by atoms with van der Waals surface area (Å²) in [6.45, 7) is 1.87. The first-order chi connectivity index (χ1) is 11.5. The molecule has 0 saturated carbocycles. The van der Waals surface area contributed by atoms with Crippen LogP contribution in [0.2, 0.25) is 0 Å². The van der Waals surface area contributed by atoms with E-state index in [0.29, 0.717) is 16.7 Å². The minimum Gasteiger partial charge on any atom is -0.376 e. The number of aromatic nitrogens is 2. The molecule has 124 valence electrons. The van der Waals surface area contributed by atoms with Crippen LogP contribution < -0.4 is 15.9 Å². The standard InChI is InChI=1S/C18H20N4O2/c1-11(12-7-5-4-6-8-12)17(23)19-15-9-13-14(21-18(24)20-13)10-16(15)22(2)3/h4-11H,1-3H3,(H,19,23)(H2,20,21,24)/t11-/m1/s1. The molecule has 1 heterocycles. The number of aromatic amines is 2. The van der Waals surface area contributed by atoms with E-state index in [1.165, 1.54) is 0 Å². The predicted octanol–water partition coefficient (Wildman–Crippen LogP) is 2.66. The van der Waals surface area contributed by atoms with E-state index in [-0.39, 0.29) is 17.5 Å². The first kappa shape index (κ1) is 15.9. The third kappa shape index (κ3) is 3.03. The first-order valence-electron chi connectivity index (χ1n) is 7.75. The Kier molecular flexibility index (Phi) is 4.12. The number of nitrogens with zero attached hydrogens (tertiary/aromatic N) is 1. The topological polar surface area (TPSA) is 81.0 Å². The average Bonchev–Trinajstić information content (AvgIpc) is 2.93. The van der Waals surface area contributed by atoms with Crippen LogP contribution in [0.1, 0.15) is 18.4 Å². The number of H-pyrrole nitrogens is 2. The van der Waals surface area contributed by atoms with Crippen LogP contribution in [0.25, 0.3) is 11.0 Å². The number of benzene rings is 2. The summed E-state index contributed by atoms with van der Waals surface area (Å²) in [6.07, 6.45) is 0. The number of carbonyl (C=O) groups excluding carboxylic acids is 1. The summed E-state index contributed by atoms with van der Waals surface area (Å²) in [7, 11) is 3.78. The molecule has 0 radical (unpaired) electrons. The van der Waals surface area contributed by atoms with Crippen molar-refractivity contribution in [3.8, 4) is 0 Å². The molecule has 1 atom stereocenters. The predicted molar refractivity (Wildman–Crippen MR) is 96.7 cm³/mol. The molecule has 6 heteroatoms. The Morgan fingerprint density at radius 1 is 1.08 bits per heavy atom. The van der Waals surface area contributed by atoms with Gasteiger partial charge in [-0.25, -0.2) is 4.79 Å². The highest BCUT2D eigenvalue weighted by Crippen LogP contribution is 2.29. The van der Waals surface area contributed by atoms with Crippen molar-refractivity contribution < 1.29 is 4.79 Å². The number of rotatable bonds is 4. The lowest BCUT2D eigenvalue weighted by atomic mass is 10.0. The van der Waals surface area contributed by atoms with E-state index in [0.717, 1.165) is 11.3 Å². The van der Waals surface area contributed by atoms with E-state index in [2.05, 4.69) is 15.3 Å². The fourth-order valence-electron chi connectivity index (χ4n) is 2.68. The van der Waals surface area contributed by atoms with Gasteiger partial charge >= 0.3 is 5.69 Å². The lowest BCUT2D eigenvalue weighted by Crippen LogP contribution is -2.21. The summed E-state index contributed by atoms with van der Waals surface area (Å²) in [5, 5.41) is 2.97. The SMILES string of the molecule is C[C@@H](C(=O)Nc1cc2[nH]c(=O)[nH]c2cc1N(C)C)c1ccccc1. The second kappa shape index (κ2) is 6.23. The fraction of sp³-hybridized carbons (Fsp3) is 0.222. The van der Waals surface area contributed by atoms with Gasteiger partial charge in [0.15, 0.2) is 0 Å². The van der Waals surface area contributed by atoms with Gasteiger partial charge in [0.1, 0.15) is 0 Å². The molecule has 3 rings (SSSR count). The van der Waals surface area contributed by atoms with Gasteiger partial charge in [-0.05, 0) is 24.6 Å². The minimum atomic E-state index is -0.276. The van der Waals surface area contributed by atoms with E-state index < -0.39 is 0 Å². The zero-order valence-electron chi connectivity index (χ0n) is 13.9. The molecule has 1 aromatic heterocycles. The van der Waals surface area contributed by atoms with Gasteiger partial charge in [0.25, 0.3) is 0 Å². The zero-order chi connectivity index (χ0) is 17.3. The smallest absolute Gasteiger partial charge is 0.323 e. The van der Waals surface area contributed by atoms with Crippen LogP contribution in [0.15, 0.2) is 47.3 Å². The van der Waals surface area contributed by atoms with Crippen LogP contribution in [-0.2, 0) is 4.79 Å². The Labute approximate surface area is 139 Å². The van der Waals surface area contributed by atoms with E-state index in [4.69, 9.17) is 0 Å². The number of fused-ring (bicyclic) bond motifs is 1. The second-order valence-corrected chi connectivity index (χ2v) is 6.01. The highest BCUT2D eigenvalue weighted by atomic mass is 16.2. The van der Waals surface area contributed by atoms with Crippen molar-refractivity contribution in [2.45, 2.75) is 12.8 Å². The highest BCUT2D eigenvalue weighted by molar-refractivity contribution is 6.01. The summed E-state index contributed by atoms with van der Waals surface area (Å²) < 4.78 is 0. The average molecular weight is 324 g/mol. The van der Waals surface area contributed by atoms with E-state index in [1.807, 2.05) is 62.3 Å². The van der Waals surface area contributed by atoms with Crippen LogP contribution in [0.3, 0.4) is 0 Å². The van der Waals surface area contributed by atoms with Crippen LogP contribution in [0, 0.1) is 0 Å². The molecule has 24 heavy (non-hydrogen) atoms. The molecule has 3 N–H and O–H groups in total. The molecule has 0 aliphatic heterocycles. The Balaban J connectivity index is 1.94. The molecule has 0 fully saturated rings. The summed E-state index contributed by atoms with van der Waals surface area (Å²) in [5.41, 5.74) is 3.54. The molecule has 6 nitrogen and oxygen atoms in total. The molecule has 0 spiro atoms. The third-order valence-corrected chi connectivity index (χ3v) is 4.06. The van der Waals surface area contributed by atoms with Crippen LogP contribution in [-0.4, -0.2) is 30.0 Å². The molecular weight excluding hydrogens is 304 g/mol. The van der Waals surface area contributed by atoms with Crippen molar-refractivity contribution in [1.29, 1.82) is 0 Å². The molecule has 0 saturated heterocycles. The van der Waals surface area contributed by atoms with Gasteiger partial charge in [0.2, 0.25) is 5.91 Å². The number of carbonyl (C=O) groups is 1. The van der Waals surface area contributed by atoms with Gasteiger partial charge < -0.3 is 20.2 Å². The summed E-state index contributed by atoms with van der Waals surface area (Å²) in [6, 6.07) is 13.2. The van der Waals surface area contributed by atoms with Crippen molar-refractivity contribution >= 4 is 28.3 Å². The van der Waals surface area contributed by atoms with E-state index in [1.54, 1.807) is 6.07 Å². The van der Waals surface area contributed by atoms with Crippen LogP contribution in [0.4, 0.5) is 11.4 Å². The molecule has 3 aromatic rings. The Bertz CT molecular complexity index is 925. The zero-order valence-corrected chi connectivity index (χ0v) is 13.9. The number of hydrogen-bond donors (Lipinski definition) is 3. The van der Waals surface area contributed by atoms with Crippen molar-refractivity contribution in [2.24, 2.45) is 0 Å². The molecule has 0 bridgehead atoms. The highest BCUT2D eigenvalue weighted by Gasteiger charge is 2.18. The van der Waals surface area contributed by atoms with Crippen molar-refractivity contribution in [3.63, 3.8) is 0 Å². The molecule has 2 aromatic carbocycles. The quantitative estimate of drug-likeness (QED) is 0.690. The molecule has 0 unspecified atom stereocenters. The maximum atomic E-state index is 12.6. The fourth-order valence-corrected chi connectivity index (χ4v) is 2.68. The van der Waals surface area contributed by atoms with Gasteiger partial charge in [0, 0.05) is 14.1 Å². The van der Waals surface area contributed by atoms with Crippen LogP contribution >= 0.6 is 0 Å². The number of imidazole rings is 1. The number of hydrogen-bond acceptors (Lipinski definition) is 3. The monoisotopic (exact) mass is 324 g/mol. The first-order valence-corrected chi connectivity index (χ1v) is 7.75. The lowest BCUT2D eigenvalue weighted by molar-refractivity contribution is -0.117. The van der Waals surface area contributed by atoms with Crippen molar-refractivity contribution in [1.82, 2.24) is 9.97 Å². The normalized spacial score (nSPS) is 12.1. The summed E-state index contributed by atoms with van der Waals surface area (Å²) in [4.78, 5) is 31.5. The maximum Gasteiger partial charge on any atom is 0.323 e. The van der Waals surface area contributed by atoms with Gasteiger partial charge in [0.05, 0.1) is 28.3 Å². The Hall–Kier alpha value is -3.02. The minimum absolute atomic E-state index is 0.0958. The molecule has 0 aliphatic carbocycles. The van der Waals surface area contributed by atoms with Gasteiger partial charge in [-0.2, -0.15) is 0 Å². The number of nitrogens with one attached hydrogen (secondary N) is 3. The maximum absolute atomic E-state index is 12.6. The number of anilines is 2. The van der Waals surface area contributed by atoms with Crippen molar-refractivity contribution in [3.05, 3.63) is 58.5 Å². The van der Waals surface area contributed by atoms with Gasteiger partial charge in [-0.15, -0.1) is 0 Å². The largest absolute Gasteiger partial charge is 0.376 e. The number of amides is 1. The second-order valence-electron chi connectivity index (χ2n) is 6.01. The van der Waals surface area contributed by atoms with Gasteiger partial charge in [-0.3, -0.25) is 4.79 Å². The molecule has 1 amide bonds. The molecular formula is C18H20N4O2. The van der Waals surface area contributed by atoms with Crippen molar-refractivity contribution in [2.75, 3.05) is 24.3 Å². The van der Waals surface area contributed by atoms with E-state index >= 15 is 0 Å². The Morgan fingerprint density at radius 2 is 1.71 bits per heavy atom.